The Balaban J connectivity index is 1.84. The Morgan fingerprint density at radius 1 is 0.971 bits per heavy atom. The minimum atomic E-state index is -0.809. The summed E-state index contributed by atoms with van der Waals surface area (Å²) in [5.41, 5.74) is 7.66. The van der Waals surface area contributed by atoms with Crippen molar-refractivity contribution >= 4 is 5.97 Å². The SMILES string of the molecule is CCCOC(C(=O)OC)c1c(C)ccc(OCc2ccccc2)c1-c1ccc2c(c1)CCCC2. The number of rotatable bonds is 9. The van der Waals surface area contributed by atoms with Gasteiger partial charge in [-0.2, -0.15) is 0 Å². The molecular weight excluding hydrogens is 424 g/mol. The Morgan fingerprint density at radius 3 is 2.47 bits per heavy atom. The van der Waals surface area contributed by atoms with Crippen LogP contribution in [0.1, 0.15) is 60.1 Å². The molecule has 34 heavy (non-hydrogen) atoms. The Bertz CT molecular complexity index is 1120. The lowest BCUT2D eigenvalue weighted by atomic mass is 9.86. The highest BCUT2D eigenvalue weighted by molar-refractivity contribution is 5.85. The van der Waals surface area contributed by atoms with Crippen LogP contribution in [0.15, 0.2) is 60.7 Å². The average Bonchev–Trinajstić information content (AvgIpc) is 2.88. The topological polar surface area (TPSA) is 44.8 Å². The molecule has 1 atom stereocenters. The predicted molar refractivity (Wildman–Crippen MR) is 135 cm³/mol. The van der Waals surface area contributed by atoms with Crippen LogP contribution in [0, 0.1) is 6.92 Å². The summed E-state index contributed by atoms with van der Waals surface area (Å²) < 4.78 is 17.6. The van der Waals surface area contributed by atoms with Crippen LogP contribution < -0.4 is 4.74 Å². The predicted octanol–water partition coefficient (Wildman–Crippen LogP) is 6.76. The number of hydrogen-bond acceptors (Lipinski definition) is 4. The monoisotopic (exact) mass is 458 g/mol. The smallest absolute Gasteiger partial charge is 0.339 e. The number of methoxy groups -OCH3 is 1. The van der Waals surface area contributed by atoms with Crippen molar-refractivity contribution in [1.29, 1.82) is 0 Å². The van der Waals surface area contributed by atoms with Crippen molar-refractivity contribution in [2.45, 2.75) is 58.7 Å². The van der Waals surface area contributed by atoms with Gasteiger partial charge in [0.2, 0.25) is 0 Å². The second-order valence-corrected chi connectivity index (χ2v) is 8.91. The molecule has 0 radical (unpaired) electrons. The number of ether oxygens (including phenoxy) is 3. The van der Waals surface area contributed by atoms with Crippen molar-refractivity contribution in [2.75, 3.05) is 13.7 Å². The van der Waals surface area contributed by atoms with Gasteiger partial charge in [-0.3, -0.25) is 0 Å². The molecular formula is C30H34O4. The van der Waals surface area contributed by atoms with Crippen molar-refractivity contribution in [3.8, 4) is 16.9 Å². The molecule has 0 aliphatic heterocycles. The number of carbonyl (C=O) groups is 1. The Morgan fingerprint density at radius 2 is 1.74 bits per heavy atom. The lowest BCUT2D eigenvalue weighted by Gasteiger charge is -2.25. The van der Waals surface area contributed by atoms with Gasteiger partial charge in [-0.1, -0.05) is 61.5 Å². The molecule has 0 saturated heterocycles. The third-order valence-corrected chi connectivity index (χ3v) is 6.47. The average molecular weight is 459 g/mol. The van der Waals surface area contributed by atoms with Gasteiger partial charge < -0.3 is 14.2 Å². The number of aryl methyl sites for hydroxylation is 3. The fourth-order valence-electron chi connectivity index (χ4n) is 4.70. The lowest BCUT2D eigenvalue weighted by molar-refractivity contribution is -0.154. The molecule has 3 aromatic carbocycles. The van der Waals surface area contributed by atoms with Crippen molar-refractivity contribution in [3.05, 3.63) is 88.5 Å². The molecule has 0 amide bonds. The molecule has 0 spiro atoms. The first kappa shape index (κ1) is 24.0. The van der Waals surface area contributed by atoms with E-state index in [1.54, 1.807) is 0 Å². The maximum atomic E-state index is 12.9. The molecule has 4 nitrogen and oxygen atoms in total. The van der Waals surface area contributed by atoms with E-state index in [-0.39, 0.29) is 0 Å². The normalized spacial score (nSPS) is 13.7. The summed E-state index contributed by atoms with van der Waals surface area (Å²) in [6, 6.07) is 20.8. The Kier molecular flexibility index (Phi) is 8.02. The second kappa shape index (κ2) is 11.3. The highest BCUT2D eigenvalue weighted by atomic mass is 16.6. The van der Waals surface area contributed by atoms with Crippen LogP contribution in [-0.2, 0) is 33.7 Å². The molecule has 3 aromatic rings. The molecule has 178 valence electrons. The molecule has 1 aliphatic carbocycles. The van der Waals surface area contributed by atoms with Gasteiger partial charge in [-0.15, -0.1) is 0 Å². The zero-order valence-electron chi connectivity index (χ0n) is 20.4. The lowest BCUT2D eigenvalue weighted by Crippen LogP contribution is -2.20. The molecule has 0 aromatic heterocycles. The summed E-state index contributed by atoms with van der Waals surface area (Å²) in [5, 5.41) is 0. The zero-order valence-corrected chi connectivity index (χ0v) is 20.4. The molecule has 1 aliphatic rings. The van der Waals surface area contributed by atoms with E-state index in [2.05, 4.69) is 30.3 Å². The third kappa shape index (κ3) is 5.34. The standard InChI is InChI=1S/C30H34O4/c1-4-18-33-29(30(31)32-3)27-21(2)14-17-26(34-20-22-10-6-5-7-11-22)28(27)25-16-15-23-12-8-9-13-24(23)19-25/h5-7,10-11,14-17,19,29H,4,8-9,12-13,18,20H2,1-3H3. The van der Waals surface area contributed by atoms with Gasteiger partial charge in [-0.25, -0.2) is 4.79 Å². The second-order valence-electron chi connectivity index (χ2n) is 8.91. The van der Waals surface area contributed by atoms with E-state index in [1.165, 1.54) is 31.1 Å². The largest absolute Gasteiger partial charge is 0.488 e. The van der Waals surface area contributed by atoms with Crippen LogP contribution in [0.4, 0.5) is 0 Å². The molecule has 1 unspecified atom stereocenters. The number of esters is 1. The molecule has 0 saturated carbocycles. The third-order valence-electron chi connectivity index (χ3n) is 6.47. The summed E-state index contributed by atoms with van der Waals surface area (Å²) in [6.07, 6.45) is 4.65. The van der Waals surface area contributed by atoms with Crippen LogP contribution in [0.3, 0.4) is 0 Å². The molecule has 4 heteroatoms. The van der Waals surface area contributed by atoms with Crippen LogP contribution >= 0.6 is 0 Å². The van der Waals surface area contributed by atoms with E-state index < -0.39 is 12.1 Å². The van der Waals surface area contributed by atoms with Crippen molar-refractivity contribution < 1.29 is 19.0 Å². The van der Waals surface area contributed by atoms with E-state index in [0.29, 0.717) is 13.2 Å². The number of benzene rings is 3. The zero-order chi connectivity index (χ0) is 23.9. The van der Waals surface area contributed by atoms with Gasteiger partial charge in [-0.05, 0) is 72.9 Å². The molecule has 0 heterocycles. The highest BCUT2D eigenvalue weighted by Crippen LogP contribution is 2.42. The number of carbonyl (C=O) groups excluding carboxylic acids is 1. The van der Waals surface area contributed by atoms with E-state index in [0.717, 1.165) is 52.8 Å². The van der Waals surface area contributed by atoms with Gasteiger partial charge in [0.05, 0.1) is 7.11 Å². The minimum absolute atomic E-state index is 0.393. The van der Waals surface area contributed by atoms with Gasteiger partial charge in [0, 0.05) is 17.7 Å². The summed E-state index contributed by atoms with van der Waals surface area (Å²) in [7, 11) is 1.41. The maximum Gasteiger partial charge on any atom is 0.339 e. The first-order valence-corrected chi connectivity index (χ1v) is 12.2. The van der Waals surface area contributed by atoms with Crippen molar-refractivity contribution in [3.63, 3.8) is 0 Å². The van der Waals surface area contributed by atoms with E-state index >= 15 is 0 Å². The fourth-order valence-corrected chi connectivity index (χ4v) is 4.70. The highest BCUT2D eigenvalue weighted by Gasteiger charge is 2.29. The quantitative estimate of drug-likeness (QED) is 0.332. The number of fused-ring (bicyclic) bond motifs is 1. The van der Waals surface area contributed by atoms with Crippen LogP contribution in [-0.4, -0.2) is 19.7 Å². The van der Waals surface area contributed by atoms with Crippen LogP contribution in [0.5, 0.6) is 5.75 Å². The van der Waals surface area contributed by atoms with Gasteiger partial charge >= 0.3 is 5.97 Å². The van der Waals surface area contributed by atoms with E-state index in [4.69, 9.17) is 14.2 Å². The van der Waals surface area contributed by atoms with E-state index in [1.807, 2.05) is 44.2 Å². The molecule has 0 fully saturated rings. The maximum absolute atomic E-state index is 12.9. The van der Waals surface area contributed by atoms with Crippen molar-refractivity contribution in [2.24, 2.45) is 0 Å². The summed E-state index contributed by atoms with van der Waals surface area (Å²) in [4.78, 5) is 12.9. The van der Waals surface area contributed by atoms with Crippen LogP contribution in [0.2, 0.25) is 0 Å². The van der Waals surface area contributed by atoms with Gasteiger partial charge in [0.15, 0.2) is 6.10 Å². The van der Waals surface area contributed by atoms with Crippen LogP contribution in [0.25, 0.3) is 11.1 Å². The summed E-state index contributed by atoms with van der Waals surface area (Å²) in [5.74, 6) is 0.352. The first-order chi connectivity index (χ1) is 16.6. The Labute approximate surface area is 202 Å². The van der Waals surface area contributed by atoms with Gasteiger partial charge in [0.25, 0.3) is 0 Å². The minimum Gasteiger partial charge on any atom is -0.488 e. The number of hydrogen-bond donors (Lipinski definition) is 0. The first-order valence-electron chi connectivity index (χ1n) is 12.2. The molecule has 0 N–H and O–H groups in total. The summed E-state index contributed by atoms with van der Waals surface area (Å²) >= 11 is 0. The molecule has 4 rings (SSSR count). The fraction of sp³-hybridized carbons (Fsp3) is 0.367. The summed E-state index contributed by atoms with van der Waals surface area (Å²) in [6.45, 7) is 4.96. The van der Waals surface area contributed by atoms with Crippen molar-refractivity contribution in [1.82, 2.24) is 0 Å². The van der Waals surface area contributed by atoms with E-state index in [9.17, 15) is 4.79 Å². The molecule has 0 bridgehead atoms. The van der Waals surface area contributed by atoms with Gasteiger partial charge in [0.1, 0.15) is 12.4 Å². The Hall–Kier alpha value is -3.11.